The van der Waals surface area contributed by atoms with E-state index in [1.54, 1.807) is 12.1 Å². The lowest BCUT2D eigenvalue weighted by Gasteiger charge is -2.42. The maximum absolute atomic E-state index is 12.6. The fraction of sp³-hybridized carbons (Fsp3) is 0.650. The van der Waals surface area contributed by atoms with Crippen LogP contribution in [0, 0.1) is 0 Å². The minimum absolute atomic E-state index is 0.179. The molecule has 1 heterocycles. The molecular formula is C20H31N2O2+. The molecule has 0 unspecified atom stereocenters. The molecule has 1 amide bonds. The maximum Gasteiger partial charge on any atom is 0.275 e. The van der Waals surface area contributed by atoms with Gasteiger partial charge in [0.2, 0.25) is 0 Å². The summed E-state index contributed by atoms with van der Waals surface area (Å²) in [7, 11) is 0. The summed E-state index contributed by atoms with van der Waals surface area (Å²) in [5, 5.41) is 12.9. The Kier molecular flexibility index (Phi) is 5.44. The largest absolute Gasteiger partial charge is 0.508 e. The van der Waals surface area contributed by atoms with E-state index < -0.39 is 0 Å². The van der Waals surface area contributed by atoms with E-state index >= 15 is 0 Å². The van der Waals surface area contributed by atoms with Gasteiger partial charge in [-0.3, -0.25) is 4.79 Å². The highest BCUT2D eigenvalue weighted by Gasteiger charge is 2.39. The molecule has 4 nitrogen and oxygen atoms in total. The van der Waals surface area contributed by atoms with E-state index in [1.165, 1.54) is 42.6 Å². The Labute approximate surface area is 145 Å². The highest BCUT2D eigenvalue weighted by atomic mass is 16.3. The number of likely N-dealkylation sites (tertiary alicyclic amines) is 1. The third kappa shape index (κ3) is 4.10. The van der Waals surface area contributed by atoms with Crippen molar-refractivity contribution < 1.29 is 14.8 Å². The van der Waals surface area contributed by atoms with E-state index in [1.807, 2.05) is 12.1 Å². The van der Waals surface area contributed by atoms with Crippen LogP contribution >= 0.6 is 0 Å². The van der Waals surface area contributed by atoms with Crippen molar-refractivity contribution in [2.45, 2.75) is 63.3 Å². The summed E-state index contributed by atoms with van der Waals surface area (Å²) >= 11 is 0. The predicted molar refractivity (Wildman–Crippen MR) is 95.3 cm³/mol. The topological polar surface area (TPSA) is 53.8 Å². The number of nitrogens with one attached hydrogen (secondary N) is 2. The first-order valence-corrected chi connectivity index (χ1v) is 9.50. The molecule has 1 saturated carbocycles. The minimum Gasteiger partial charge on any atom is -0.508 e. The first-order chi connectivity index (χ1) is 11.6. The van der Waals surface area contributed by atoms with Crippen molar-refractivity contribution in [1.82, 2.24) is 5.32 Å². The van der Waals surface area contributed by atoms with Gasteiger partial charge in [-0.15, -0.1) is 0 Å². The zero-order chi connectivity index (χ0) is 17.0. The fourth-order valence-electron chi connectivity index (χ4n) is 4.54. The lowest BCUT2D eigenvalue weighted by molar-refractivity contribution is -0.896. The summed E-state index contributed by atoms with van der Waals surface area (Å²) < 4.78 is 0. The number of hydrogen-bond donors (Lipinski definition) is 3. The molecule has 0 bridgehead atoms. The van der Waals surface area contributed by atoms with Gasteiger partial charge in [-0.05, 0) is 56.7 Å². The van der Waals surface area contributed by atoms with Crippen molar-refractivity contribution in [3.8, 4) is 5.75 Å². The summed E-state index contributed by atoms with van der Waals surface area (Å²) in [5.41, 5.74) is 1.04. The molecule has 2 aliphatic rings. The van der Waals surface area contributed by atoms with Crippen molar-refractivity contribution in [2.75, 3.05) is 19.6 Å². The van der Waals surface area contributed by atoms with Crippen LogP contribution in [0.3, 0.4) is 0 Å². The molecule has 4 heteroatoms. The zero-order valence-corrected chi connectivity index (χ0v) is 14.8. The van der Waals surface area contributed by atoms with Crippen LogP contribution in [0.25, 0.3) is 0 Å². The second kappa shape index (κ2) is 7.56. The fourth-order valence-corrected chi connectivity index (χ4v) is 4.54. The average Bonchev–Trinajstić information content (AvgIpc) is 2.57. The number of piperidine rings is 1. The molecule has 1 aliphatic carbocycles. The summed E-state index contributed by atoms with van der Waals surface area (Å²) in [6, 6.07) is 7.52. The van der Waals surface area contributed by atoms with Crippen molar-refractivity contribution in [2.24, 2.45) is 0 Å². The van der Waals surface area contributed by atoms with Crippen LogP contribution in [0.1, 0.15) is 63.4 Å². The Bertz CT molecular complexity index is 551. The third-order valence-corrected chi connectivity index (χ3v) is 5.90. The van der Waals surface area contributed by atoms with Crippen LogP contribution in [0.2, 0.25) is 0 Å². The minimum atomic E-state index is -0.179. The lowest BCUT2D eigenvalue weighted by atomic mass is 9.70. The number of hydrogen-bond acceptors (Lipinski definition) is 2. The number of rotatable bonds is 4. The van der Waals surface area contributed by atoms with E-state index in [0.29, 0.717) is 18.2 Å². The van der Waals surface area contributed by atoms with Crippen LogP contribution in [-0.4, -0.2) is 36.2 Å². The molecule has 1 saturated heterocycles. The smallest absolute Gasteiger partial charge is 0.275 e. The molecule has 2 atom stereocenters. The maximum atomic E-state index is 12.6. The van der Waals surface area contributed by atoms with Gasteiger partial charge in [0.05, 0.1) is 13.1 Å². The van der Waals surface area contributed by atoms with Crippen molar-refractivity contribution in [3.05, 3.63) is 29.8 Å². The zero-order valence-electron chi connectivity index (χ0n) is 14.8. The van der Waals surface area contributed by atoms with Gasteiger partial charge >= 0.3 is 0 Å². The number of carbonyl (C=O) groups is 1. The van der Waals surface area contributed by atoms with Gasteiger partial charge in [0.1, 0.15) is 5.75 Å². The number of quaternary nitrogens is 1. The van der Waals surface area contributed by atoms with Gasteiger partial charge in [-0.25, -0.2) is 0 Å². The molecule has 1 aromatic carbocycles. The molecule has 24 heavy (non-hydrogen) atoms. The predicted octanol–water partition coefficient (Wildman–Crippen LogP) is 1.99. The van der Waals surface area contributed by atoms with Crippen molar-refractivity contribution in [3.63, 3.8) is 0 Å². The molecule has 132 valence electrons. The molecule has 2 fully saturated rings. The molecule has 0 spiro atoms. The SMILES string of the molecule is C[C@]1(NC(=O)C[NH+]2CCCCC2)CCCC[C@H]1c1ccc(O)cc1. The Morgan fingerprint density at radius 3 is 2.58 bits per heavy atom. The van der Waals surface area contributed by atoms with Crippen LogP contribution in [0.4, 0.5) is 0 Å². The van der Waals surface area contributed by atoms with E-state index in [9.17, 15) is 9.90 Å². The van der Waals surface area contributed by atoms with Crippen molar-refractivity contribution in [1.29, 1.82) is 0 Å². The Balaban J connectivity index is 1.67. The number of aromatic hydroxyl groups is 1. The van der Waals surface area contributed by atoms with Gasteiger partial charge < -0.3 is 15.3 Å². The number of phenols is 1. The molecular weight excluding hydrogens is 300 g/mol. The van der Waals surface area contributed by atoms with Gasteiger partial charge in [0, 0.05) is 11.5 Å². The Hall–Kier alpha value is -1.55. The normalized spacial score (nSPS) is 28.5. The molecule has 3 N–H and O–H groups in total. The molecule has 0 aromatic heterocycles. The lowest BCUT2D eigenvalue weighted by Crippen LogP contribution is -3.14. The van der Waals surface area contributed by atoms with Crippen molar-refractivity contribution >= 4 is 5.91 Å². The monoisotopic (exact) mass is 331 g/mol. The van der Waals surface area contributed by atoms with E-state index in [2.05, 4.69) is 12.2 Å². The van der Waals surface area contributed by atoms with E-state index in [0.717, 1.165) is 25.9 Å². The average molecular weight is 331 g/mol. The first kappa shape index (κ1) is 17.3. The molecule has 1 aliphatic heterocycles. The number of carbonyl (C=O) groups excluding carboxylic acids is 1. The van der Waals surface area contributed by atoms with E-state index in [4.69, 9.17) is 0 Å². The molecule has 3 rings (SSSR count). The summed E-state index contributed by atoms with van der Waals surface area (Å²) in [4.78, 5) is 14.1. The standard InChI is InChI=1S/C20H30N2O2/c1-20(21-19(24)15-22-13-5-2-6-14-22)12-4-3-7-18(20)16-8-10-17(23)11-9-16/h8-11,18,23H,2-7,12-15H2,1H3,(H,21,24)/p+1/t18-,20-/m0/s1. The third-order valence-electron chi connectivity index (χ3n) is 5.90. The van der Waals surface area contributed by atoms with Crippen LogP contribution in [-0.2, 0) is 4.79 Å². The number of phenolic OH excluding ortho intramolecular Hbond substituents is 1. The second-order valence-electron chi connectivity index (χ2n) is 7.84. The van der Waals surface area contributed by atoms with Gasteiger partial charge in [-0.2, -0.15) is 0 Å². The number of benzene rings is 1. The summed E-state index contributed by atoms with van der Waals surface area (Å²) in [5.74, 6) is 0.821. The molecule has 0 radical (unpaired) electrons. The summed E-state index contributed by atoms with van der Waals surface area (Å²) in [6.45, 7) is 5.07. The quantitative estimate of drug-likeness (QED) is 0.790. The molecule has 1 aromatic rings. The van der Waals surface area contributed by atoms with Gasteiger partial charge in [0.15, 0.2) is 6.54 Å². The first-order valence-electron chi connectivity index (χ1n) is 9.50. The highest BCUT2D eigenvalue weighted by Crippen LogP contribution is 2.41. The van der Waals surface area contributed by atoms with Gasteiger partial charge in [0.25, 0.3) is 5.91 Å². The second-order valence-corrected chi connectivity index (χ2v) is 7.84. The van der Waals surface area contributed by atoms with Crippen LogP contribution in [0.5, 0.6) is 5.75 Å². The van der Waals surface area contributed by atoms with Gasteiger partial charge in [-0.1, -0.05) is 25.0 Å². The Morgan fingerprint density at radius 2 is 1.88 bits per heavy atom. The number of amides is 1. The summed E-state index contributed by atoms with van der Waals surface area (Å²) in [6.07, 6.45) is 8.30. The van der Waals surface area contributed by atoms with E-state index in [-0.39, 0.29) is 11.4 Å². The van der Waals surface area contributed by atoms with Crippen LogP contribution in [0.15, 0.2) is 24.3 Å². The van der Waals surface area contributed by atoms with Crippen LogP contribution < -0.4 is 10.2 Å². The highest BCUT2D eigenvalue weighted by molar-refractivity contribution is 5.78. The Morgan fingerprint density at radius 1 is 1.17 bits per heavy atom.